The Hall–Kier alpha value is -2.57. The van der Waals surface area contributed by atoms with Gasteiger partial charge in [-0.15, -0.1) is 11.6 Å². The lowest BCUT2D eigenvalue weighted by atomic mass is 9.88. The first-order chi connectivity index (χ1) is 15.1. The number of hydrogen-bond acceptors (Lipinski definition) is 3. The number of rotatable bonds is 3. The number of ether oxygens (including phenoxy) is 1. The molecule has 2 aromatic carbocycles. The molecule has 1 aromatic heterocycles. The lowest BCUT2D eigenvalue weighted by molar-refractivity contribution is -0.133. The summed E-state index contributed by atoms with van der Waals surface area (Å²) in [4.78, 5) is 20.2. The van der Waals surface area contributed by atoms with Crippen molar-refractivity contribution in [3.8, 4) is 0 Å². The zero-order valence-corrected chi connectivity index (χ0v) is 18.2. The Labute approximate surface area is 185 Å². The van der Waals surface area contributed by atoms with Crippen molar-refractivity contribution in [2.75, 3.05) is 37.1 Å². The summed E-state index contributed by atoms with van der Waals surface area (Å²) in [5, 5.41) is 1.12. The predicted molar refractivity (Wildman–Crippen MR) is 120 cm³/mol. The summed E-state index contributed by atoms with van der Waals surface area (Å²) >= 11 is 5.96. The third-order valence-electron chi connectivity index (χ3n) is 6.43. The van der Waals surface area contributed by atoms with Crippen molar-refractivity contribution in [2.24, 2.45) is 0 Å². The maximum atomic E-state index is 15.6. The van der Waals surface area contributed by atoms with E-state index in [-0.39, 0.29) is 23.6 Å². The Balaban J connectivity index is 1.63. The SMILES string of the molecule is C[C@H]1Cc2c([nH]c3ccccc23)[C@@H](c2ccc(N3CCOCC3)cc2F)N1C(=O)CCl. The number of aromatic nitrogens is 1. The first-order valence-electron chi connectivity index (χ1n) is 10.7. The summed E-state index contributed by atoms with van der Waals surface area (Å²) < 4.78 is 21.0. The molecule has 1 amide bonds. The van der Waals surface area contributed by atoms with E-state index >= 15 is 4.39 Å². The molecule has 2 atom stereocenters. The number of fused-ring (bicyclic) bond motifs is 3. The van der Waals surface area contributed by atoms with E-state index in [1.807, 2.05) is 37.3 Å². The molecule has 1 saturated heterocycles. The van der Waals surface area contributed by atoms with Gasteiger partial charge in [-0.1, -0.05) is 24.3 Å². The minimum atomic E-state index is -0.545. The molecule has 0 spiro atoms. The zero-order valence-electron chi connectivity index (χ0n) is 17.4. The molecular weight excluding hydrogens is 417 g/mol. The van der Waals surface area contributed by atoms with Crippen molar-refractivity contribution < 1.29 is 13.9 Å². The van der Waals surface area contributed by atoms with Gasteiger partial charge in [0, 0.05) is 47.0 Å². The fourth-order valence-electron chi connectivity index (χ4n) is 4.98. The molecule has 5 rings (SSSR count). The number of amides is 1. The van der Waals surface area contributed by atoms with Crippen LogP contribution in [0.15, 0.2) is 42.5 Å². The summed E-state index contributed by atoms with van der Waals surface area (Å²) in [6.07, 6.45) is 0.700. The van der Waals surface area contributed by atoms with Crippen LogP contribution in [-0.4, -0.2) is 54.0 Å². The van der Waals surface area contributed by atoms with Gasteiger partial charge in [0.1, 0.15) is 17.7 Å². The number of anilines is 1. The molecule has 31 heavy (non-hydrogen) atoms. The topological polar surface area (TPSA) is 48.6 Å². The molecule has 7 heteroatoms. The van der Waals surface area contributed by atoms with Crippen molar-refractivity contribution in [3.05, 3.63) is 65.1 Å². The predicted octanol–water partition coefficient (Wildman–Crippen LogP) is 4.25. The van der Waals surface area contributed by atoms with Crippen LogP contribution in [0.2, 0.25) is 0 Å². The molecule has 0 saturated carbocycles. The zero-order chi connectivity index (χ0) is 21.5. The van der Waals surface area contributed by atoms with Crippen LogP contribution in [0.5, 0.6) is 0 Å². The first kappa shape index (κ1) is 20.3. The Bertz CT molecular complexity index is 1130. The van der Waals surface area contributed by atoms with Gasteiger partial charge in [-0.3, -0.25) is 4.79 Å². The van der Waals surface area contributed by atoms with E-state index in [9.17, 15) is 4.79 Å². The maximum Gasteiger partial charge on any atom is 0.238 e. The highest BCUT2D eigenvalue weighted by molar-refractivity contribution is 6.27. The van der Waals surface area contributed by atoms with E-state index in [0.717, 1.165) is 40.9 Å². The van der Waals surface area contributed by atoms with E-state index in [1.165, 1.54) is 0 Å². The molecule has 1 fully saturated rings. The Kier molecular flexibility index (Phi) is 5.36. The molecule has 0 aliphatic carbocycles. The number of benzene rings is 2. The highest BCUT2D eigenvalue weighted by atomic mass is 35.5. The molecule has 0 radical (unpaired) electrons. The average Bonchev–Trinajstić information content (AvgIpc) is 3.16. The Morgan fingerprint density at radius 3 is 2.74 bits per heavy atom. The number of morpholine rings is 1. The van der Waals surface area contributed by atoms with Gasteiger partial charge in [0.05, 0.1) is 13.2 Å². The van der Waals surface area contributed by atoms with Crippen LogP contribution in [0.25, 0.3) is 10.9 Å². The van der Waals surface area contributed by atoms with Crippen LogP contribution in [0.3, 0.4) is 0 Å². The summed E-state index contributed by atoms with van der Waals surface area (Å²) in [7, 11) is 0. The number of nitrogens with zero attached hydrogens (tertiary/aromatic N) is 2. The van der Waals surface area contributed by atoms with E-state index in [1.54, 1.807) is 11.0 Å². The minimum Gasteiger partial charge on any atom is -0.378 e. The highest BCUT2D eigenvalue weighted by Gasteiger charge is 2.39. The second kappa shape index (κ2) is 8.17. The lowest BCUT2D eigenvalue weighted by Crippen LogP contribution is -2.47. The monoisotopic (exact) mass is 441 g/mol. The number of halogens is 2. The number of H-pyrrole nitrogens is 1. The molecule has 3 aromatic rings. The second-order valence-electron chi connectivity index (χ2n) is 8.26. The van der Waals surface area contributed by atoms with Crippen LogP contribution in [0, 0.1) is 5.82 Å². The number of aromatic amines is 1. The molecule has 5 nitrogen and oxygen atoms in total. The number of carbonyl (C=O) groups is 1. The smallest absolute Gasteiger partial charge is 0.238 e. The normalized spacial score (nSPS) is 21.4. The molecule has 162 valence electrons. The van der Waals surface area contributed by atoms with Crippen LogP contribution < -0.4 is 4.90 Å². The van der Waals surface area contributed by atoms with E-state index < -0.39 is 6.04 Å². The van der Waals surface area contributed by atoms with E-state index in [4.69, 9.17) is 16.3 Å². The number of carbonyl (C=O) groups excluding carboxylic acids is 1. The minimum absolute atomic E-state index is 0.0960. The Morgan fingerprint density at radius 1 is 1.23 bits per heavy atom. The molecular formula is C24H25ClFN3O2. The van der Waals surface area contributed by atoms with Gasteiger partial charge < -0.3 is 19.5 Å². The molecule has 0 bridgehead atoms. The summed E-state index contributed by atoms with van der Waals surface area (Å²) in [5.41, 5.74) is 4.32. The number of alkyl halides is 1. The quantitative estimate of drug-likeness (QED) is 0.618. The molecule has 3 heterocycles. The summed E-state index contributed by atoms with van der Waals surface area (Å²) in [6, 6.07) is 12.8. The number of hydrogen-bond donors (Lipinski definition) is 1. The van der Waals surface area contributed by atoms with Gasteiger partial charge >= 0.3 is 0 Å². The van der Waals surface area contributed by atoms with Crippen molar-refractivity contribution in [3.63, 3.8) is 0 Å². The number of nitrogens with one attached hydrogen (secondary N) is 1. The highest BCUT2D eigenvalue weighted by Crippen LogP contribution is 2.42. The van der Waals surface area contributed by atoms with Crippen LogP contribution in [0.1, 0.15) is 29.8 Å². The lowest BCUT2D eigenvalue weighted by Gasteiger charge is -2.41. The molecule has 0 unspecified atom stereocenters. The third-order valence-corrected chi connectivity index (χ3v) is 6.66. The van der Waals surface area contributed by atoms with Crippen molar-refractivity contribution in [1.82, 2.24) is 9.88 Å². The van der Waals surface area contributed by atoms with E-state index in [0.29, 0.717) is 25.2 Å². The second-order valence-corrected chi connectivity index (χ2v) is 8.53. The molecule has 1 N–H and O–H groups in total. The maximum absolute atomic E-state index is 15.6. The Morgan fingerprint density at radius 2 is 2.00 bits per heavy atom. The van der Waals surface area contributed by atoms with Crippen molar-refractivity contribution in [2.45, 2.75) is 25.4 Å². The number of para-hydroxylation sites is 1. The third kappa shape index (κ3) is 3.48. The standard InChI is InChI=1S/C24H25ClFN3O2/c1-15-12-19-17-4-2-3-5-21(17)27-23(19)24(29(15)22(30)14-25)18-7-6-16(13-20(18)26)28-8-10-31-11-9-28/h2-7,13,15,24,27H,8-12,14H2,1H3/t15-,24+/m0/s1. The first-order valence-corrected chi connectivity index (χ1v) is 11.2. The summed E-state index contributed by atoms with van der Waals surface area (Å²) in [6.45, 7) is 4.76. The van der Waals surface area contributed by atoms with Crippen LogP contribution >= 0.6 is 11.6 Å². The fraction of sp³-hybridized carbons (Fsp3) is 0.375. The van der Waals surface area contributed by atoms with Gasteiger partial charge in [-0.05, 0) is 37.1 Å². The molecule has 2 aliphatic heterocycles. The van der Waals surface area contributed by atoms with Crippen molar-refractivity contribution in [1.29, 1.82) is 0 Å². The van der Waals surface area contributed by atoms with Crippen LogP contribution in [0.4, 0.5) is 10.1 Å². The average molecular weight is 442 g/mol. The fourth-order valence-corrected chi connectivity index (χ4v) is 5.12. The summed E-state index contributed by atoms with van der Waals surface area (Å²) in [5.74, 6) is -0.649. The van der Waals surface area contributed by atoms with Crippen LogP contribution in [-0.2, 0) is 16.0 Å². The van der Waals surface area contributed by atoms with Gasteiger partial charge in [0.15, 0.2) is 0 Å². The van der Waals surface area contributed by atoms with Gasteiger partial charge in [0.2, 0.25) is 5.91 Å². The van der Waals surface area contributed by atoms with Crippen molar-refractivity contribution >= 4 is 34.1 Å². The van der Waals surface area contributed by atoms with Gasteiger partial charge in [0.25, 0.3) is 0 Å². The van der Waals surface area contributed by atoms with Gasteiger partial charge in [-0.25, -0.2) is 4.39 Å². The van der Waals surface area contributed by atoms with E-state index in [2.05, 4.69) is 16.0 Å². The molecule has 2 aliphatic rings. The largest absolute Gasteiger partial charge is 0.378 e. The van der Waals surface area contributed by atoms with Gasteiger partial charge in [-0.2, -0.15) is 0 Å².